The van der Waals surface area contributed by atoms with Crippen LogP contribution < -0.4 is 4.74 Å². The third-order valence-corrected chi connectivity index (χ3v) is 7.08. The number of hydrogen-bond acceptors (Lipinski definition) is 3. The van der Waals surface area contributed by atoms with Gasteiger partial charge in [0.15, 0.2) is 0 Å². The van der Waals surface area contributed by atoms with E-state index in [1.807, 2.05) is 18.3 Å². The number of benzene rings is 1. The second-order valence-corrected chi connectivity index (χ2v) is 9.21. The molecule has 154 valence electrons. The first kappa shape index (κ1) is 18.7. The smallest absolute Gasteiger partial charge is 0.233 e. The van der Waals surface area contributed by atoms with Crippen molar-refractivity contribution < 1.29 is 9.53 Å². The third kappa shape index (κ3) is 3.45. The quantitative estimate of drug-likeness (QED) is 0.744. The van der Waals surface area contributed by atoms with Crippen molar-refractivity contribution in [1.82, 2.24) is 14.5 Å². The van der Waals surface area contributed by atoms with E-state index in [0.717, 1.165) is 50.2 Å². The highest BCUT2D eigenvalue weighted by Crippen LogP contribution is 2.50. The Labute approximate surface area is 173 Å². The van der Waals surface area contributed by atoms with Crippen molar-refractivity contribution >= 4 is 5.91 Å². The van der Waals surface area contributed by atoms with Crippen LogP contribution >= 0.6 is 0 Å². The molecule has 2 aromatic rings. The Morgan fingerprint density at radius 2 is 1.97 bits per heavy atom. The highest BCUT2D eigenvalue weighted by Gasteiger charge is 2.53. The summed E-state index contributed by atoms with van der Waals surface area (Å²) in [5.74, 6) is 3.62. The molecular weight excluding hydrogens is 362 g/mol. The minimum absolute atomic E-state index is 0.293. The van der Waals surface area contributed by atoms with Crippen LogP contribution in [0.25, 0.3) is 0 Å². The monoisotopic (exact) mass is 393 g/mol. The Balaban J connectivity index is 1.29. The molecule has 1 aromatic heterocycles. The number of hydrogen-bond donors (Lipinski definition) is 0. The second-order valence-electron chi connectivity index (χ2n) is 9.21. The third-order valence-electron chi connectivity index (χ3n) is 7.08. The van der Waals surface area contributed by atoms with E-state index in [4.69, 9.17) is 4.74 Å². The van der Waals surface area contributed by atoms with Crippen molar-refractivity contribution in [3.63, 3.8) is 0 Å². The highest BCUT2D eigenvalue weighted by molar-refractivity contribution is 5.91. The fourth-order valence-corrected chi connectivity index (χ4v) is 5.00. The maximum absolute atomic E-state index is 13.5. The molecule has 29 heavy (non-hydrogen) atoms. The number of methoxy groups -OCH3 is 1. The van der Waals surface area contributed by atoms with Crippen LogP contribution in [0.4, 0.5) is 0 Å². The minimum Gasteiger partial charge on any atom is -0.497 e. The van der Waals surface area contributed by atoms with Gasteiger partial charge in [-0.2, -0.15) is 0 Å². The molecule has 1 aliphatic heterocycles. The van der Waals surface area contributed by atoms with Gasteiger partial charge >= 0.3 is 0 Å². The number of carbonyl (C=O) groups is 1. The predicted octanol–water partition coefficient (Wildman–Crippen LogP) is 4.05. The van der Waals surface area contributed by atoms with Crippen molar-refractivity contribution in [1.29, 1.82) is 0 Å². The van der Waals surface area contributed by atoms with E-state index in [-0.39, 0.29) is 5.41 Å². The fourth-order valence-electron chi connectivity index (χ4n) is 5.00. The van der Waals surface area contributed by atoms with Gasteiger partial charge in [-0.15, -0.1) is 0 Å². The topological polar surface area (TPSA) is 47.4 Å². The first-order chi connectivity index (χ1) is 14.1. The van der Waals surface area contributed by atoms with E-state index in [0.29, 0.717) is 17.7 Å². The van der Waals surface area contributed by atoms with Crippen molar-refractivity contribution in [3.8, 4) is 5.75 Å². The van der Waals surface area contributed by atoms with Crippen LogP contribution in [-0.4, -0.2) is 40.6 Å². The van der Waals surface area contributed by atoms with E-state index in [1.165, 1.54) is 30.8 Å². The molecule has 3 fully saturated rings. The predicted molar refractivity (Wildman–Crippen MR) is 112 cm³/mol. The van der Waals surface area contributed by atoms with Gasteiger partial charge in [0.25, 0.3) is 0 Å². The molecule has 3 aliphatic rings. The SMILES string of the molecule is COc1ccc(C2(C(=O)N3CCCC(Cn4c(C)cnc4C4CC4)C3)CC2)cc1. The van der Waals surface area contributed by atoms with Crippen LogP contribution in [0.5, 0.6) is 5.75 Å². The van der Waals surface area contributed by atoms with Gasteiger partial charge in [-0.3, -0.25) is 4.79 Å². The Kier molecular flexibility index (Phi) is 4.64. The number of aromatic nitrogens is 2. The van der Waals surface area contributed by atoms with Crippen molar-refractivity contribution in [2.24, 2.45) is 5.92 Å². The van der Waals surface area contributed by atoms with Gasteiger partial charge in [-0.05, 0) is 69.1 Å². The largest absolute Gasteiger partial charge is 0.497 e. The molecule has 2 saturated carbocycles. The lowest BCUT2D eigenvalue weighted by Gasteiger charge is -2.36. The Morgan fingerprint density at radius 3 is 2.62 bits per heavy atom. The maximum atomic E-state index is 13.5. The molecule has 5 rings (SSSR count). The summed E-state index contributed by atoms with van der Waals surface area (Å²) >= 11 is 0. The van der Waals surface area contributed by atoms with Crippen molar-refractivity contribution in [2.75, 3.05) is 20.2 Å². The first-order valence-corrected chi connectivity index (χ1v) is 11.1. The maximum Gasteiger partial charge on any atom is 0.233 e. The molecule has 0 spiro atoms. The normalized spacial score (nSPS) is 23.1. The summed E-state index contributed by atoms with van der Waals surface area (Å²) in [6.45, 7) is 4.93. The lowest BCUT2D eigenvalue weighted by atomic mass is 9.91. The standard InChI is InChI=1S/C24H31N3O2/c1-17-14-25-22(19-5-6-19)27(17)16-18-4-3-13-26(15-18)23(28)24(11-12-24)20-7-9-21(29-2)10-8-20/h7-10,14,18-19H,3-6,11-13,15-16H2,1-2H3. The molecule has 0 radical (unpaired) electrons. The van der Waals surface area contributed by atoms with E-state index >= 15 is 0 Å². The van der Waals surface area contributed by atoms with Crippen LogP contribution in [-0.2, 0) is 16.8 Å². The second kappa shape index (κ2) is 7.19. The number of ether oxygens (including phenoxy) is 1. The van der Waals surface area contributed by atoms with Gasteiger partial charge in [0, 0.05) is 37.4 Å². The zero-order valence-corrected chi connectivity index (χ0v) is 17.6. The van der Waals surface area contributed by atoms with Gasteiger partial charge < -0.3 is 14.2 Å². The summed E-state index contributed by atoms with van der Waals surface area (Å²) in [5, 5.41) is 0. The lowest BCUT2D eigenvalue weighted by Crippen LogP contribution is -2.46. The molecule has 5 nitrogen and oxygen atoms in total. The molecule has 5 heteroatoms. The van der Waals surface area contributed by atoms with Crippen molar-refractivity contribution in [2.45, 2.75) is 63.3 Å². The summed E-state index contributed by atoms with van der Waals surface area (Å²) < 4.78 is 7.70. The molecule has 1 unspecified atom stereocenters. The average molecular weight is 394 g/mol. The summed E-state index contributed by atoms with van der Waals surface area (Å²) in [5.41, 5.74) is 2.11. The molecule has 1 atom stereocenters. The molecule has 1 amide bonds. The molecule has 0 N–H and O–H groups in total. The lowest BCUT2D eigenvalue weighted by molar-refractivity contribution is -0.135. The van der Waals surface area contributed by atoms with Crippen LogP contribution in [0.15, 0.2) is 30.5 Å². The van der Waals surface area contributed by atoms with Crippen molar-refractivity contribution in [3.05, 3.63) is 47.5 Å². The van der Waals surface area contributed by atoms with E-state index in [1.54, 1.807) is 7.11 Å². The van der Waals surface area contributed by atoms with E-state index in [2.05, 4.69) is 33.5 Å². The Hall–Kier alpha value is -2.30. The van der Waals surface area contributed by atoms with Crippen LogP contribution in [0.3, 0.4) is 0 Å². The van der Waals surface area contributed by atoms with Gasteiger partial charge in [-0.1, -0.05) is 12.1 Å². The van der Waals surface area contributed by atoms with Gasteiger partial charge in [0.1, 0.15) is 11.6 Å². The fraction of sp³-hybridized carbons (Fsp3) is 0.583. The molecule has 0 bridgehead atoms. The van der Waals surface area contributed by atoms with Crippen LogP contribution in [0, 0.1) is 12.8 Å². The summed E-state index contributed by atoms with van der Waals surface area (Å²) in [4.78, 5) is 20.3. The Bertz CT molecular complexity index is 893. The minimum atomic E-state index is -0.293. The Morgan fingerprint density at radius 1 is 1.21 bits per heavy atom. The first-order valence-electron chi connectivity index (χ1n) is 11.1. The number of carbonyl (C=O) groups excluding carboxylic acids is 1. The molecule has 1 saturated heterocycles. The number of amides is 1. The molecule has 1 aromatic carbocycles. The van der Waals surface area contributed by atoms with Gasteiger partial charge in [-0.25, -0.2) is 4.98 Å². The van der Waals surface area contributed by atoms with E-state index < -0.39 is 0 Å². The number of nitrogens with zero attached hydrogens (tertiary/aromatic N) is 3. The zero-order chi connectivity index (χ0) is 20.0. The molecule has 2 aliphatic carbocycles. The number of imidazole rings is 1. The van der Waals surface area contributed by atoms with E-state index in [9.17, 15) is 4.79 Å². The number of aryl methyl sites for hydroxylation is 1. The molecular formula is C24H31N3O2. The van der Waals surface area contributed by atoms with Gasteiger partial charge in [0.05, 0.1) is 12.5 Å². The highest BCUT2D eigenvalue weighted by atomic mass is 16.5. The summed E-state index contributed by atoms with van der Waals surface area (Å²) in [6.07, 6.45) is 8.79. The summed E-state index contributed by atoms with van der Waals surface area (Å²) in [7, 11) is 1.68. The van der Waals surface area contributed by atoms with Crippen LogP contribution in [0.2, 0.25) is 0 Å². The molecule has 2 heterocycles. The average Bonchev–Trinajstić information content (AvgIpc) is 3.68. The number of piperidine rings is 1. The number of likely N-dealkylation sites (tertiary alicyclic amines) is 1. The van der Waals surface area contributed by atoms with Gasteiger partial charge in [0.2, 0.25) is 5.91 Å². The zero-order valence-electron chi connectivity index (χ0n) is 17.6. The summed E-state index contributed by atoms with van der Waals surface area (Å²) in [6, 6.07) is 8.09. The number of rotatable bonds is 6. The van der Waals surface area contributed by atoms with Crippen LogP contribution in [0.1, 0.15) is 61.5 Å².